The van der Waals surface area contributed by atoms with Gasteiger partial charge in [0.2, 0.25) is 0 Å². The monoisotopic (exact) mass is 360 g/mol. The molecular formula is C21H32N2O3. The topological polar surface area (TPSA) is 53.0 Å². The van der Waals surface area contributed by atoms with Crippen molar-refractivity contribution in [1.29, 1.82) is 0 Å². The SMILES string of the molecule is CN1C[C@]2(CCCN(Cc3ccc(CCC(C)(C)O)cc3)CC2)OC1=O. The number of carbonyl (C=O) groups excluding carboxylic acids is 1. The number of hydrogen-bond donors (Lipinski definition) is 1. The molecule has 5 heteroatoms. The fourth-order valence-electron chi connectivity index (χ4n) is 3.95. The van der Waals surface area contributed by atoms with Gasteiger partial charge in [-0.15, -0.1) is 0 Å². The minimum Gasteiger partial charge on any atom is -0.441 e. The van der Waals surface area contributed by atoms with E-state index in [1.165, 1.54) is 11.1 Å². The van der Waals surface area contributed by atoms with Crippen molar-refractivity contribution in [1.82, 2.24) is 9.80 Å². The van der Waals surface area contributed by atoms with Crippen LogP contribution in [-0.4, -0.2) is 58.9 Å². The average molecular weight is 360 g/mol. The van der Waals surface area contributed by atoms with Gasteiger partial charge in [-0.25, -0.2) is 4.79 Å². The largest absolute Gasteiger partial charge is 0.441 e. The Morgan fingerprint density at radius 2 is 1.85 bits per heavy atom. The third kappa shape index (κ3) is 4.98. The molecule has 1 amide bonds. The lowest BCUT2D eigenvalue weighted by Crippen LogP contribution is -2.35. The fourth-order valence-corrected chi connectivity index (χ4v) is 3.95. The van der Waals surface area contributed by atoms with Crippen LogP contribution in [0.5, 0.6) is 0 Å². The van der Waals surface area contributed by atoms with Crippen molar-refractivity contribution >= 4 is 6.09 Å². The Balaban J connectivity index is 1.52. The first-order chi connectivity index (χ1) is 12.2. The second-order valence-electron chi connectivity index (χ2n) is 8.67. The van der Waals surface area contributed by atoms with Crippen molar-refractivity contribution in [3.8, 4) is 0 Å². The molecule has 0 aliphatic carbocycles. The molecule has 1 N–H and O–H groups in total. The van der Waals surface area contributed by atoms with Gasteiger partial charge in [-0.2, -0.15) is 0 Å². The molecule has 0 aromatic heterocycles. The highest BCUT2D eigenvalue weighted by atomic mass is 16.6. The lowest BCUT2D eigenvalue weighted by Gasteiger charge is -2.25. The molecule has 0 unspecified atom stereocenters. The van der Waals surface area contributed by atoms with E-state index >= 15 is 0 Å². The predicted octanol–water partition coefficient (Wildman–Crippen LogP) is 3.20. The quantitative estimate of drug-likeness (QED) is 0.876. The van der Waals surface area contributed by atoms with Gasteiger partial charge in [-0.3, -0.25) is 4.90 Å². The Kier molecular flexibility index (Phi) is 5.58. The maximum absolute atomic E-state index is 11.8. The summed E-state index contributed by atoms with van der Waals surface area (Å²) < 4.78 is 5.69. The summed E-state index contributed by atoms with van der Waals surface area (Å²) in [6.45, 7) is 7.37. The first-order valence-corrected chi connectivity index (χ1v) is 9.71. The zero-order valence-corrected chi connectivity index (χ0v) is 16.3. The number of aliphatic hydroxyl groups is 1. The van der Waals surface area contributed by atoms with Gasteiger partial charge in [-0.1, -0.05) is 24.3 Å². The molecule has 1 atom stereocenters. The van der Waals surface area contributed by atoms with Gasteiger partial charge >= 0.3 is 6.09 Å². The minimum atomic E-state index is -0.613. The minimum absolute atomic E-state index is 0.180. The molecule has 0 saturated carbocycles. The summed E-state index contributed by atoms with van der Waals surface area (Å²) in [6, 6.07) is 8.75. The summed E-state index contributed by atoms with van der Waals surface area (Å²) >= 11 is 0. The molecule has 2 aliphatic rings. The number of ether oxygens (including phenoxy) is 1. The Hall–Kier alpha value is -1.59. The van der Waals surface area contributed by atoms with E-state index in [1.54, 1.807) is 4.90 Å². The molecule has 5 nitrogen and oxygen atoms in total. The van der Waals surface area contributed by atoms with E-state index < -0.39 is 5.60 Å². The van der Waals surface area contributed by atoms with Gasteiger partial charge in [0, 0.05) is 26.6 Å². The Morgan fingerprint density at radius 3 is 2.46 bits per heavy atom. The first kappa shape index (κ1) is 19.2. The zero-order chi connectivity index (χ0) is 18.8. The Bertz CT molecular complexity index is 623. The summed E-state index contributed by atoms with van der Waals surface area (Å²) in [5, 5.41) is 9.86. The Morgan fingerprint density at radius 1 is 1.15 bits per heavy atom. The number of aryl methyl sites for hydroxylation is 1. The zero-order valence-electron chi connectivity index (χ0n) is 16.3. The molecule has 0 radical (unpaired) electrons. The van der Waals surface area contributed by atoms with Crippen LogP contribution >= 0.6 is 0 Å². The molecule has 2 heterocycles. The van der Waals surface area contributed by atoms with Crippen LogP contribution in [0.4, 0.5) is 4.79 Å². The second-order valence-corrected chi connectivity index (χ2v) is 8.67. The van der Waals surface area contributed by atoms with Crippen molar-refractivity contribution in [2.45, 2.75) is 63.7 Å². The number of rotatable bonds is 5. The van der Waals surface area contributed by atoms with Crippen LogP contribution in [0, 0.1) is 0 Å². The van der Waals surface area contributed by atoms with Crippen molar-refractivity contribution in [2.24, 2.45) is 0 Å². The van der Waals surface area contributed by atoms with Crippen LogP contribution in [0.3, 0.4) is 0 Å². The Labute approximate surface area is 156 Å². The first-order valence-electron chi connectivity index (χ1n) is 9.71. The highest BCUT2D eigenvalue weighted by Gasteiger charge is 2.44. The number of likely N-dealkylation sites (N-methyl/N-ethyl adjacent to an activating group) is 1. The van der Waals surface area contributed by atoms with Gasteiger partial charge in [0.25, 0.3) is 0 Å². The molecule has 1 spiro atoms. The molecule has 26 heavy (non-hydrogen) atoms. The molecule has 0 bridgehead atoms. The third-order valence-electron chi connectivity index (χ3n) is 5.59. The highest BCUT2D eigenvalue weighted by molar-refractivity contribution is 5.70. The van der Waals surface area contributed by atoms with E-state index in [9.17, 15) is 9.90 Å². The van der Waals surface area contributed by atoms with Gasteiger partial charge in [-0.05, 0) is 57.2 Å². The van der Waals surface area contributed by atoms with E-state index in [4.69, 9.17) is 4.74 Å². The molecule has 1 aromatic rings. The highest BCUT2D eigenvalue weighted by Crippen LogP contribution is 2.32. The van der Waals surface area contributed by atoms with Gasteiger partial charge in [0.15, 0.2) is 0 Å². The number of hydrogen-bond acceptors (Lipinski definition) is 4. The van der Waals surface area contributed by atoms with Crippen molar-refractivity contribution in [3.05, 3.63) is 35.4 Å². The lowest BCUT2D eigenvalue weighted by molar-refractivity contribution is 0.0443. The van der Waals surface area contributed by atoms with Crippen LogP contribution in [0.15, 0.2) is 24.3 Å². The molecule has 2 saturated heterocycles. The number of likely N-dealkylation sites (tertiary alicyclic amines) is 1. The number of carbonyl (C=O) groups is 1. The van der Waals surface area contributed by atoms with E-state index in [2.05, 4.69) is 29.2 Å². The van der Waals surface area contributed by atoms with Crippen LogP contribution in [0.25, 0.3) is 0 Å². The van der Waals surface area contributed by atoms with Gasteiger partial charge in [0.1, 0.15) is 5.60 Å². The van der Waals surface area contributed by atoms with Crippen molar-refractivity contribution < 1.29 is 14.6 Å². The van der Waals surface area contributed by atoms with Crippen LogP contribution in [0.2, 0.25) is 0 Å². The smallest absolute Gasteiger partial charge is 0.410 e. The summed E-state index contributed by atoms with van der Waals surface area (Å²) in [7, 11) is 1.82. The standard InChI is InChI=1S/C21H32N2O3/c1-20(2,25)11-9-17-5-7-18(8-6-17)15-23-13-4-10-21(12-14-23)16-22(3)19(24)26-21/h5-8,25H,4,9-16H2,1-3H3/t21-/m1/s1. The number of nitrogens with zero attached hydrogens (tertiary/aromatic N) is 2. The lowest BCUT2D eigenvalue weighted by atomic mass is 9.95. The average Bonchev–Trinajstić information content (AvgIpc) is 2.73. The summed E-state index contributed by atoms with van der Waals surface area (Å²) in [5.74, 6) is 0. The van der Waals surface area contributed by atoms with Gasteiger partial charge < -0.3 is 14.7 Å². The third-order valence-corrected chi connectivity index (χ3v) is 5.59. The normalized spacial score (nSPS) is 24.8. The molecular weight excluding hydrogens is 328 g/mol. The summed E-state index contributed by atoms with van der Waals surface area (Å²) in [4.78, 5) is 15.9. The van der Waals surface area contributed by atoms with Gasteiger partial charge in [0.05, 0.1) is 12.1 Å². The molecule has 2 fully saturated rings. The summed E-state index contributed by atoms with van der Waals surface area (Å²) in [5.41, 5.74) is 1.69. The fraction of sp³-hybridized carbons (Fsp3) is 0.667. The maximum atomic E-state index is 11.8. The second kappa shape index (κ2) is 7.57. The number of benzene rings is 1. The molecule has 144 valence electrons. The van der Waals surface area contributed by atoms with E-state index in [1.807, 2.05) is 20.9 Å². The van der Waals surface area contributed by atoms with Crippen LogP contribution in [0.1, 0.15) is 50.7 Å². The maximum Gasteiger partial charge on any atom is 0.410 e. The van der Waals surface area contributed by atoms with E-state index in [0.717, 1.165) is 58.3 Å². The number of amides is 1. The molecule has 3 rings (SSSR count). The predicted molar refractivity (Wildman–Crippen MR) is 102 cm³/mol. The summed E-state index contributed by atoms with van der Waals surface area (Å²) in [6.07, 6.45) is 4.41. The van der Waals surface area contributed by atoms with E-state index in [-0.39, 0.29) is 11.7 Å². The molecule has 1 aromatic carbocycles. The van der Waals surface area contributed by atoms with Crippen molar-refractivity contribution in [3.63, 3.8) is 0 Å². The van der Waals surface area contributed by atoms with Crippen LogP contribution in [-0.2, 0) is 17.7 Å². The molecule has 2 aliphatic heterocycles. The van der Waals surface area contributed by atoms with Crippen LogP contribution < -0.4 is 0 Å². The van der Waals surface area contributed by atoms with Crippen molar-refractivity contribution in [2.75, 3.05) is 26.7 Å². The van der Waals surface area contributed by atoms with E-state index in [0.29, 0.717) is 0 Å².